The van der Waals surface area contributed by atoms with Crippen molar-refractivity contribution >= 4 is 15.9 Å². The first-order valence-electron chi connectivity index (χ1n) is 4.64. The Balaban J connectivity index is 2.53. The molecular formula is C9H5BrF4N4. The van der Waals surface area contributed by atoms with Gasteiger partial charge in [0.2, 0.25) is 0 Å². The highest BCUT2D eigenvalue weighted by atomic mass is 79.9. The van der Waals surface area contributed by atoms with E-state index in [1.54, 1.807) is 0 Å². The van der Waals surface area contributed by atoms with Gasteiger partial charge < -0.3 is 0 Å². The third-order valence-corrected chi connectivity index (χ3v) is 2.74. The van der Waals surface area contributed by atoms with Gasteiger partial charge in [-0.05, 0) is 28.6 Å². The number of benzene rings is 1. The molecule has 4 nitrogen and oxygen atoms in total. The largest absolute Gasteiger partial charge is 0.453 e. The lowest BCUT2D eigenvalue weighted by Crippen LogP contribution is -2.15. The van der Waals surface area contributed by atoms with E-state index in [0.29, 0.717) is 4.68 Å². The van der Waals surface area contributed by atoms with Crippen molar-refractivity contribution in [3.63, 3.8) is 0 Å². The van der Waals surface area contributed by atoms with Crippen molar-refractivity contribution < 1.29 is 17.6 Å². The summed E-state index contributed by atoms with van der Waals surface area (Å²) in [6, 6.07) is 3.48. The predicted molar refractivity (Wildman–Crippen MR) is 56.7 cm³/mol. The molecule has 0 saturated heterocycles. The zero-order chi connectivity index (χ0) is 13.3. The van der Waals surface area contributed by atoms with Crippen molar-refractivity contribution in [1.82, 2.24) is 20.2 Å². The molecule has 0 saturated carbocycles. The molecule has 2 rings (SSSR count). The molecule has 0 spiro atoms. The molecule has 0 N–H and O–H groups in total. The number of hydrogen-bond donors (Lipinski definition) is 0. The van der Waals surface area contributed by atoms with Crippen LogP contribution in [0.3, 0.4) is 0 Å². The molecule has 18 heavy (non-hydrogen) atoms. The third kappa shape index (κ3) is 2.35. The summed E-state index contributed by atoms with van der Waals surface area (Å²) >= 11 is 3.04. The first-order chi connectivity index (χ1) is 8.43. The number of hydrogen-bond acceptors (Lipinski definition) is 3. The lowest BCUT2D eigenvalue weighted by atomic mass is 10.2. The van der Waals surface area contributed by atoms with Gasteiger partial charge >= 0.3 is 6.18 Å². The molecule has 0 aliphatic carbocycles. The summed E-state index contributed by atoms with van der Waals surface area (Å²) in [5.41, 5.74) is 0.263. The zero-order valence-electron chi connectivity index (χ0n) is 8.62. The normalized spacial score (nSPS) is 11.8. The lowest BCUT2D eigenvalue weighted by Gasteiger charge is -2.08. The monoisotopic (exact) mass is 324 g/mol. The predicted octanol–water partition coefficient (Wildman–Crippen LogP) is 2.72. The second kappa shape index (κ2) is 4.63. The third-order valence-electron chi connectivity index (χ3n) is 2.14. The average Bonchev–Trinajstić information content (AvgIpc) is 2.78. The standard InChI is InChI=1S/C9H5BrF4N4/c10-4-5-3-6(1-2-7(5)11)18-8(9(12,13)14)15-16-17-18/h1-3H,4H2. The number of halogens is 5. The van der Waals surface area contributed by atoms with Crippen molar-refractivity contribution in [3.05, 3.63) is 35.4 Å². The number of alkyl halides is 4. The van der Waals surface area contributed by atoms with Gasteiger partial charge in [-0.2, -0.15) is 17.9 Å². The Morgan fingerprint density at radius 3 is 2.61 bits per heavy atom. The van der Waals surface area contributed by atoms with Gasteiger partial charge in [-0.1, -0.05) is 15.9 Å². The summed E-state index contributed by atoms with van der Waals surface area (Å²) in [7, 11) is 0. The second-order valence-corrected chi connectivity index (χ2v) is 3.88. The van der Waals surface area contributed by atoms with E-state index >= 15 is 0 Å². The molecule has 96 valence electrons. The van der Waals surface area contributed by atoms with E-state index in [-0.39, 0.29) is 16.6 Å². The molecule has 0 radical (unpaired) electrons. The fourth-order valence-electron chi connectivity index (χ4n) is 1.33. The fraction of sp³-hybridized carbons (Fsp3) is 0.222. The van der Waals surface area contributed by atoms with Crippen LogP contribution in [0.4, 0.5) is 17.6 Å². The maximum atomic E-state index is 13.2. The summed E-state index contributed by atoms with van der Waals surface area (Å²) < 4.78 is 51.5. The molecule has 1 heterocycles. The number of aromatic nitrogens is 4. The van der Waals surface area contributed by atoms with Crippen molar-refractivity contribution in [1.29, 1.82) is 0 Å². The van der Waals surface area contributed by atoms with Crippen LogP contribution in [-0.4, -0.2) is 20.2 Å². The van der Waals surface area contributed by atoms with Crippen LogP contribution < -0.4 is 0 Å². The van der Waals surface area contributed by atoms with Crippen LogP contribution in [0.5, 0.6) is 0 Å². The van der Waals surface area contributed by atoms with Crippen LogP contribution in [0, 0.1) is 5.82 Å². The minimum absolute atomic E-state index is 0.0446. The van der Waals surface area contributed by atoms with Crippen LogP contribution >= 0.6 is 15.9 Å². The van der Waals surface area contributed by atoms with Crippen molar-refractivity contribution in [2.75, 3.05) is 0 Å². The van der Waals surface area contributed by atoms with Gasteiger partial charge in [0.1, 0.15) is 5.82 Å². The summed E-state index contributed by atoms with van der Waals surface area (Å²) in [6.07, 6.45) is -4.67. The molecule has 1 aromatic carbocycles. The topological polar surface area (TPSA) is 43.6 Å². The van der Waals surface area contributed by atoms with Gasteiger partial charge in [0.05, 0.1) is 5.69 Å². The minimum Gasteiger partial charge on any atom is -0.207 e. The molecule has 0 aliphatic heterocycles. The Morgan fingerprint density at radius 1 is 1.28 bits per heavy atom. The quantitative estimate of drug-likeness (QED) is 0.630. The summed E-state index contributed by atoms with van der Waals surface area (Å²) in [6.45, 7) is 0. The molecule has 0 fully saturated rings. The smallest absolute Gasteiger partial charge is 0.207 e. The van der Waals surface area contributed by atoms with Crippen LogP contribution in [0.1, 0.15) is 11.4 Å². The molecule has 2 aromatic rings. The van der Waals surface area contributed by atoms with E-state index in [1.165, 1.54) is 12.1 Å². The van der Waals surface area contributed by atoms with Crippen LogP contribution in [0.2, 0.25) is 0 Å². The Hall–Kier alpha value is -1.51. The minimum atomic E-state index is -4.67. The Bertz CT molecular complexity index is 566. The molecule has 0 amide bonds. The Morgan fingerprint density at radius 2 is 2.00 bits per heavy atom. The van der Waals surface area contributed by atoms with Gasteiger partial charge in [0.15, 0.2) is 0 Å². The first-order valence-corrected chi connectivity index (χ1v) is 5.76. The van der Waals surface area contributed by atoms with Gasteiger partial charge in [-0.15, -0.1) is 5.10 Å². The first kappa shape index (κ1) is 12.9. The van der Waals surface area contributed by atoms with E-state index in [9.17, 15) is 17.6 Å². The SMILES string of the molecule is Fc1ccc(-n2nnnc2C(F)(F)F)cc1CBr. The van der Waals surface area contributed by atoms with Crippen LogP contribution in [0.15, 0.2) is 18.2 Å². The zero-order valence-corrected chi connectivity index (χ0v) is 10.2. The van der Waals surface area contributed by atoms with Gasteiger partial charge in [0.25, 0.3) is 5.82 Å². The maximum Gasteiger partial charge on any atom is 0.453 e. The molecule has 0 unspecified atom stereocenters. The fourth-order valence-corrected chi connectivity index (χ4v) is 1.76. The summed E-state index contributed by atoms with van der Waals surface area (Å²) in [5.74, 6) is -1.77. The molecule has 0 bridgehead atoms. The van der Waals surface area contributed by atoms with Crippen LogP contribution in [0.25, 0.3) is 5.69 Å². The maximum absolute atomic E-state index is 13.2. The highest BCUT2D eigenvalue weighted by molar-refractivity contribution is 9.08. The average molecular weight is 325 g/mol. The second-order valence-electron chi connectivity index (χ2n) is 3.32. The van der Waals surface area contributed by atoms with E-state index in [1.807, 2.05) is 0 Å². The number of tetrazole rings is 1. The summed E-state index contributed by atoms with van der Waals surface area (Å²) in [5, 5.41) is 9.33. The van der Waals surface area contributed by atoms with Gasteiger partial charge in [-0.3, -0.25) is 0 Å². The number of nitrogens with zero attached hydrogens (tertiary/aromatic N) is 4. The van der Waals surface area contributed by atoms with E-state index in [4.69, 9.17) is 0 Å². The van der Waals surface area contributed by atoms with Crippen molar-refractivity contribution in [3.8, 4) is 5.69 Å². The molecule has 1 aromatic heterocycles. The summed E-state index contributed by atoms with van der Waals surface area (Å²) in [4.78, 5) is 0. The molecular weight excluding hydrogens is 320 g/mol. The molecule has 9 heteroatoms. The Labute approximate surface area is 107 Å². The lowest BCUT2D eigenvalue weighted by molar-refractivity contribution is -0.146. The van der Waals surface area contributed by atoms with E-state index < -0.39 is 17.8 Å². The van der Waals surface area contributed by atoms with Crippen molar-refractivity contribution in [2.45, 2.75) is 11.5 Å². The van der Waals surface area contributed by atoms with Gasteiger partial charge in [-0.25, -0.2) is 4.39 Å². The highest BCUT2D eigenvalue weighted by Crippen LogP contribution is 2.28. The van der Waals surface area contributed by atoms with Crippen molar-refractivity contribution in [2.24, 2.45) is 0 Å². The van der Waals surface area contributed by atoms with Crippen LogP contribution in [-0.2, 0) is 11.5 Å². The Kier molecular flexibility index (Phi) is 3.33. The van der Waals surface area contributed by atoms with E-state index in [2.05, 4.69) is 31.5 Å². The molecule has 0 atom stereocenters. The van der Waals surface area contributed by atoms with Gasteiger partial charge in [0, 0.05) is 10.9 Å². The molecule has 0 aliphatic rings. The highest BCUT2D eigenvalue weighted by Gasteiger charge is 2.38. The van der Waals surface area contributed by atoms with E-state index in [0.717, 1.165) is 6.07 Å². The number of rotatable bonds is 2.